The van der Waals surface area contributed by atoms with E-state index in [0.717, 1.165) is 23.3 Å². The van der Waals surface area contributed by atoms with Gasteiger partial charge in [0.25, 0.3) is 0 Å². The third-order valence-corrected chi connectivity index (χ3v) is 3.51. The third kappa shape index (κ3) is 3.08. The van der Waals surface area contributed by atoms with Gasteiger partial charge < -0.3 is 4.79 Å². The summed E-state index contributed by atoms with van der Waals surface area (Å²) in [5.41, 5.74) is 2.34. The zero-order chi connectivity index (χ0) is 12.1. The van der Waals surface area contributed by atoms with E-state index in [-0.39, 0.29) is 5.92 Å². The quantitative estimate of drug-likeness (QED) is 0.688. The zero-order valence-corrected chi connectivity index (χ0v) is 10.9. The van der Waals surface area contributed by atoms with Gasteiger partial charge in [-0.3, -0.25) is 0 Å². The molecule has 88 valence electrons. The van der Waals surface area contributed by atoms with E-state index in [1.165, 1.54) is 5.56 Å². The number of rotatable bonds is 5. The molecule has 16 heavy (non-hydrogen) atoms. The molecule has 0 aliphatic rings. The Morgan fingerprint density at radius 3 is 2.50 bits per heavy atom. The summed E-state index contributed by atoms with van der Waals surface area (Å²) < 4.78 is 0. The molecule has 0 fully saturated rings. The minimum atomic E-state index is 0.251. The van der Waals surface area contributed by atoms with E-state index in [0.29, 0.717) is 12.3 Å². The normalized spacial score (nSPS) is 14.5. The Bertz CT molecular complexity index is 360. The molecule has 1 nitrogen and oxygen atoms in total. The molecule has 0 N–H and O–H groups in total. The molecule has 0 radical (unpaired) electrons. The standard InChI is InChI=1S/C14H19ClO/c1-4-10(2)13-6-5-12(9-14(13)15)11(3)7-8-16/h5-6,8-11H,4,7H2,1-3H3. The summed E-state index contributed by atoms with van der Waals surface area (Å²) in [6.07, 6.45) is 2.60. The number of carbonyl (C=O) groups is 1. The molecule has 1 rings (SSSR count). The number of hydrogen-bond donors (Lipinski definition) is 0. The molecule has 1 aromatic carbocycles. The summed E-state index contributed by atoms with van der Waals surface area (Å²) >= 11 is 6.26. The first-order chi connectivity index (χ1) is 7.60. The highest BCUT2D eigenvalue weighted by Gasteiger charge is 2.11. The van der Waals surface area contributed by atoms with Crippen molar-refractivity contribution in [3.8, 4) is 0 Å². The summed E-state index contributed by atoms with van der Waals surface area (Å²) in [6.45, 7) is 6.38. The van der Waals surface area contributed by atoms with Crippen molar-refractivity contribution >= 4 is 17.9 Å². The maximum Gasteiger partial charge on any atom is 0.120 e. The van der Waals surface area contributed by atoms with Crippen LogP contribution in [0.25, 0.3) is 0 Å². The van der Waals surface area contributed by atoms with Crippen LogP contribution in [0.3, 0.4) is 0 Å². The highest BCUT2D eigenvalue weighted by molar-refractivity contribution is 6.31. The van der Waals surface area contributed by atoms with E-state index in [1.807, 2.05) is 13.0 Å². The smallest absolute Gasteiger partial charge is 0.120 e. The molecule has 0 saturated carbocycles. The van der Waals surface area contributed by atoms with Crippen LogP contribution in [0, 0.1) is 0 Å². The van der Waals surface area contributed by atoms with Crippen molar-refractivity contribution in [2.24, 2.45) is 0 Å². The molecule has 0 amide bonds. The fourth-order valence-corrected chi connectivity index (χ4v) is 2.13. The Hall–Kier alpha value is -0.820. The van der Waals surface area contributed by atoms with Crippen LogP contribution in [0.15, 0.2) is 18.2 Å². The van der Waals surface area contributed by atoms with Crippen molar-refractivity contribution in [1.82, 2.24) is 0 Å². The fraction of sp³-hybridized carbons (Fsp3) is 0.500. The van der Waals surface area contributed by atoms with Crippen LogP contribution in [0.2, 0.25) is 5.02 Å². The van der Waals surface area contributed by atoms with Gasteiger partial charge in [-0.1, -0.05) is 44.5 Å². The van der Waals surface area contributed by atoms with Crippen LogP contribution in [-0.4, -0.2) is 6.29 Å². The van der Waals surface area contributed by atoms with Gasteiger partial charge in [0.05, 0.1) is 0 Å². The predicted octanol–water partition coefficient (Wildman–Crippen LogP) is 4.55. The van der Waals surface area contributed by atoms with Crippen LogP contribution in [0.5, 0.6) is 0 Å². The number of aldehydes is 1. The van der Waals surface area contributed by atoms with E-state index in [9.17, 15) is 4.79 Å². The van der Waals surface area contributed by atoms with Crippen LogP contribution in [0.4, 0.5) is 0 Å². The highest BCUT2D eigenvalue weighted by atomic mass is 35.5. The number of halogens is 1. The summed E-state index contributed by atoms with van der Waals surface area (Å²) in [6, 6.07) is 6.17. The molecular weight excluding hydrogens is 220 g/mol. The van der Waals surface area contributed by atoms with Gasteiger partial charge >= 0.3 is 0 Å². The van der Waals surface area contributed by atoms with Gasteiger partial charge in [-0.2, -0.15) is 0 Å². The van der Waals surface area contributed by atoms with E-state index in [1.54, 1.807) is 0 Å². The molecular formula is C14H19ClO. The zero-order valence-electron chi connectivity index (χ0n) is 10.2. The Kier molecular flexibility index (Phi) is 5.01. The lowest BCUT2D eigenvalue weighted by Gasteiger charge is -2.14. The van der Waals surface area contributed by atoms with Crippen molar-refractivity contribution in [3.05, 3.63) is 34.3 Å². The van der Waals surface area contributed by atoms with Gasteiger partial charge in [-0.15, -0.1) is 0 Å². The van der Waals surface area contributed by atoms with Crippen molar-refractivity contribution < 1.29 is 4.79 Å². The van der Waals surface area contributed by atoms with Gasteiger partial charge in [0.15, 0.2) is 0 Å². The van der Waals surface area contributed by atoms with E-state index in [2.05, 4.69) is 26.0 Å². The Morgan fingerprint density at radius 1 is 1.31 bits per heavy atom. The topological polar surface area (TPSA) is 17.1 Å². The molecule has 0 bridgehead atoms. The summed E-state index contributed by atoms with van der Waals surface area (Å²) in [7, 11) is 0. The van der Waals surface area contributed by atoms with Gasteiger partial charge in [-0.05, 0) is 35.4 Å². The molecule has 0 aromatic heterocycles. The largest absolute Gasteiger partial charge is 0.303 e. The van der Waals surface area contributed by atoms with Crippen LogP contribution >= 0.6 is 11.6 Å². The van der Waals surface area contributed by atoms with Gasteiger partial charge in [0.2, 0.25) is 0 Å². The van der Waals surface area contributed by atoms with E-state index >= 15 is 0 Å². The average Bonchev–Trinajstić information content (AvgIpc) is 2.28. The molecule has 0 saturated heterocycles. The van der Waals surface area contributed by atoms with Gasteiger partial charge in [-0.25, -0.2) is 0 Å². The minimum Gasteiger partial charge on any atom is -0.303 e. The lowest BCUT2D eigenvalue weighted by Crippen LogP contribution is -1.98. The van der Waals surface area contributed by atoms with Gasteiger partial charge in [0, 0.05) is 11.4 Å². The Balaban J connectivity index is 2.94. The van der Waals surface area contributed by atoms with Crippen molar-refractivity contribution in [2.75, 3.05) is 0 Å². The molecule has 2 atom stereocenters. The summed E-state index contributed by atoms with van der Waals surface area (Å²) in [5.74, 6) is 0.740. The second-order valence-electron chi connectivity index (χ2n) is 4.39. The molecule has 2 unspecified atom stereocenters. The highest BCUT2D eigenvalue weighted by Crippen LogP contribution is 2.30. The lowest BCUT2D eigenvalue weighted by atomic mass is 9.93. The molecule has 0 aliphatic heterocycles. The maximum absolute atomic E-state index is 10.5. The monoisotopic (exact) mass is 238 g/mol. The lowest BCUT2D eigenvalue weighted by molar-refractivity contribution is -0.108. The van der Waals surface area contributed by atoms with Gasteiger partial charge in [0.1, 0.15) is 6.29 Å². The second-order valence-corrected chi connectivity index (χ2v) is 4.80. The SMILES string of the molecule is CCC(C)c1ccc(C(C)CC=O)cc1Cl. The Labute approximate surface area is 103 Å². The summed E-state index contributed by atoms with van der Waals surface area (Å²) in [5, 5.41) is 0.824. The third-order valence-electron chi connectivity index (χ3n) is 3.19. The first kappa shape index (κ1) is 13.2. The van der Waals surface area contributed by atoms with Crippen LogP contribution in [-0.2, 0) is 4.79 Å². The number of carbonyl (C=O) groups excluding carboxylic acids is 1. The number of hydrogen-bond acceptors (Lipinski definition) is 1. The van der Waals surface area contributed by atoms with Crippen molar-refractivity contribution in [2.45, 2.75) is 45.4 Å². The summed E-state index contributed by atoms with van der Waals surface area (Å²) in [4.78, 5) is 10.5. The van der Waals surface area contributed by atoms with Crippen LogP contribution in [0.1, 0.15) is 56.6 Å². The average molecular weight is 239 g/mol. The van der Waals surface area contributed by atoms with Crippen LogP contribution < -0.4 is 0 Å². The minimum absolute atomic E-state index is 0.251. The van der Waals surface area contributed by atoms with E-state index < -0.39 is 0 Å². The van der Waals surface area contributed by atoms with Crippen molar-refractivity contribution in [3.63, 3.8) is 0 Å². The Morgan fingerprint density at radius 2 is 2.00 bits per heavy atom. The first-order valence-corrected chi connectivity index (χ1v) is 6.20. The molecule has 0 spiro atoms. The van der Waals surface area contributed by atoms with Crippen molar-refractivity contribution in [1.29, 1.82) is 0 Å². The molecule has 1 aromatic rings. The second kappa shape index (κ2) is 6.05. The fourth-order valence-electron chi connectivity index (χ4n) is 1.75. The first-order valence-electron chi connectivity index (χ1n) is 5.83. The maximum atomic E-state index is 10.5. The number of benzene rings is 1. The van der Waals surface area contributed by atoms with E-state index in [4.69, 9.17) is 11.6 Å². The molecule has 2 heteroatoms. The molecule has 0 aliphatic carbocycles. The predicted molar refractivity (Wildman–Crippen MR) is 69.3 cm³/mol. The molecule has 0 heterocycles.